The summed E-state index contributed by atoms with van der Waals surface area (Å²) in [5.41, 5.74) is 1.48. The fourth-order valence-electron chi connectivity index (χ4n) is 1.77. The highest BCUT2D eigenvalue weighted by molar-refractivity contribution is 9.09. The van der Waals surface area contributed by atoms with Crippen molar-refractivity contribution in [3.63, 3.8) is 0 Å². The van der Waals surface area contributed by atoms with Gasteiger partial charge in [-0.2, -0.15) is 0 Å². The first-order valence-corrected chi connectivity index (χ1v) is 7.34. The summed E-state index contributed by atoms with van der Waals surface area (Å²) in [6.45, 7) is 1.15. The molecular weight excluding hydrogens is 330 g/mol. The van der Waals surface area contributed by atoms with Gasteiger partial charge in [0.2, 0.25) is 5.22 Å². The highest BCUT2D eigenvalue weighted by atomic mass is 79.9. The molecule has 0 aliphatic heterocycles. The Morgan fingerprint density at radius 2 is 2.00 bits per heavy atom. The summed E-state index contributed by atoms with van der Waals surface area (Å²) in [6, 6.07) is 11.4. The van der Waals surface area contributed by atoms with Gasteiger partial charge in [0.1, 0.15) is 0 Å². The lowest BCUT2D eigenvalue weighted by Gasteiger charge is -2.21. The topological polar surface area (TPSA) is 33.5 Å². The number of carbonyl (C=O) groups excluding carboxylic acids is 1. The molecule has 0 saturated carbocycles. The average Bonchev–Trinajstić information content (AvgIpc) is 2.85. The van der Waals surface area contributed by atoms with Gasteiger partial charge in [-0.3, -0.25) is 4.79 Å². The van der Waals surface area contributed by atoms with Crippen LogP contribution in [0, 0.1) is 0 Å². The van der Waals surface area contributed by atoms with Crippen molar-refractivity contribution in [1.82, 2.24) is 4.90 Å². The van der Waals surface area contributed by atoms with Crippen LogP contribution in [-0.2, 0) is 6.54 Å². The lowest BCUT2D eigenvalue weighted by atomic mass is 10.2. The van der Waals surface area contributed by atoms with Gasteiger partial charge in [-0.15, -0.1) is 0 Å². The minimum Gasteiger partial charge on any atom is -0.452 e. The minimum atomic E-state index is -0.123. The van der Waals surface area contributed by atoms with Crippen LogP contribution in [0.25, 0.3) is 0 Å². The second kappa shape index (κ2) is 6.78. The first-order chi connectivity index (χ1) is 9.22. The molecule has 100 valence electrons. The number of amides is 1. The van der Waals surface area contributed by atoms with E-state index in [2.05, 4.69) is 15.9 Å². The molecule has 0 radical (unpaired) electrons. The molecule has 1 aromatic carbocycles. The number of furan rings is 1. The zero-order chi connectivity index (χ0) is 13.7. The zero-order valence-electron chi connectivity index (χ0n) is 10.2. The van der Waals surface area contributed by atoms with Crippen molar-refractivity contribution < 1.29 is 9.21 Å². The molecule has 0 bridgehead atoms. The Morgan fingerprint density at radius 3 is 2.58 bits per heavy atom. The molecule has 0 N–H and O–H groups in total. The Morgan fingerprint density at radius 1 is 1.26 bits per heavy atom. The normalized spacial score (nSPS) is 10.4. The van der Waals surface area contributed by atoms with E-state index in [1.165, 1.54) is 6.26 Å². The van der Waals surface area contributed by atoms with Gasteiger partial charge < -0.3 is 9.32 Å². The highest BCUT2D eigenvalue weighted by Crippen LogP contribution is 2.19. The molecule has 1 amide bonds. The van der Waals surface area contributed by atoms with Crippen LogP contribution in [0.4, 0.5) is 0 Å². The van der Waals surface area contributed by atoms with E-state index in [1.54, 1.807) is 11.0 Å². The lowest BCUT2D eigenvalue weighted by molar-refractivity contribution is 0.0754. The number of hydrogen-bond acceptors (Lipinski definition) is 2. The van der Waals surface area contributed by atoms with E-state index in [0.29, 0.717) is 24.0 Å². The summed E-state index contributed by atoms with van der Waals surface area (Å²) in [5.74, 6) is -0.123. The van der Waals surface area contributed by atoms with E-state index in [4.69, 9.17) is 16.0 Å². The minimum absolute atomic E-state index is 0.123. The van der Waals surface area contributed by atoms with Gasteiger partial charge in [0.15, 0.2) is 0 Å². The summed E-state index contributed by atoms with van der Waals surface area (Å²) in [7, 11) is 0. The molecule has 1 aromatic heterocycles. The van der Waals surface area contributed by atoms with Gasteiger partial charge in [-0.05, 0) is 23.2 Å². The van der Waals surface area contributed by atoms with Crippen LogP contribution in [0.2, 0.25) is 5.22 Å². The average molecular weight is 343 g/mol. The largest absolute Gasteiger partial charge is 0.452 e. The third kappa shape index (κ3) is 3.61. The van der Waals surface area contributed by atoms with Crippen LogP contribution in [-0.4, -0.2) is 22.7 Å². The molecule has 2 aromatic rings. The molecule has 2 rings (SSSR count). The molecule has 0 aliphatic rings. The van der Waals surface area contributed by atoms with E-state index >= 15 is 0 Å². The number of carbonyl (C=O) groups is 1. The molecule has 0 unspecified atom stereocenters. The van der Waals surface area contributed by atoms with E-state index in [0.717, 1.165) is 5.56 Å². The number of halogens is 2. The molecule has 1 heterocycles. The Bertz CT molecular complexity index is 541. The number of rotatable bonds is 5. The van der Waals surface area contributed by atoms with E-state index < -0.39 is 0 Å². The van der Waals surface area contributed by atoms with Gasteiger partial charge in [0.25, 0.3) is 5.91 Å². The number of hydrogen-bond donors (Lipinski definition) is 0. The van der Waals surface area contributed by atoms with Gasteiger partial charge in [0, 0.05) is 18.4 Å². The second-order valence-corrected chi connectivity index (χ2v) is 5.15. The molecule has 0 spiro atoms. The standard InChI is InChI=1S/C14H13BrClNO2/c15-7-8-17(10-11-4-2-1-3-5-11)14(18)12-6-9-19-13(12)16/h1-6,9H,7-8,10H2. The lowest BCUT2D eigenvalue weighted by Crippen LogP contribution is -2.32. The van der Waals surface area contributed by atoms with Crippen LogP contribution in [0.15, 0.2) is 47.1 Å². The molecule has 19 heavy (non-hydrogen) atoms. The molecule has 0 aliphatic carbocycles. The predicted molar refractivity (Wildman–Crippen MR) is 78.7 cm³/mol. The zero-order valence-corrected chi connectivity index (χ0v) is 12.5. The van der Waals surface area contributed by atoms with E-state index in [9.17, 15) is 4.79 Å². The van der Waals surface area contributed by atoms with Crippen LogP contribution < -0.4 is 0 Å². The van der Waals surface area contributed by atoms with Crippen molar-refractivity contribution in [2.24, 2.45) is 0 Å². The molecule has 0 fully saturated rings. The van der Waals surface area contributed by atoms with Crippen molar-refractivity contribution in [3.8, 4) is 0 Å². The SMILES string of the molecule is O=C(c1ccoc1Cl)N(CCBr)Cc1ccccc1. The summed E-state index contributed by atoms with van der Waals surface area (Å²) in [4.78, 5) is 14.1. The van der Waals surface area contributed by atoms with Gasteiger partial charge in [-0.25, -0.2) is 0 Å². The van der Waals surface area contributed by atoms with E-state index in [1.807, 2.05) is 30.3 Å². The van der Waals surface area contributed by atoms with Gasteiger partial charge in [0.05, 0.1) is 11.8 Å². The Kier molecular flexibility index (Phi) is 5.05. The third-order valence-electron chi connectivity index (χ3n) is 2.71. The molecule has 5 heteroatoms. The van der Waals surface area contributed by atoms with Crippen molar-refractivity contribution in [2.75, 3.05) is 11.9 Å². The maximum atomic E-state index is 12.4. The molecule has 3 nitrogen and oxygen atoms in total. The van der Waals surface area contributed by atoms with Gasteiger partial charge >= 0.3 is 0 Å². The predicted octanol–water partition coefficient (Wildman–Crippen LogP) is 3.97. The van der Waals surface area contributed by atoms with Crippen molar-refractivity contribution in [1.29, 1.82) is 0 Å². The fraction of sp³-hybridized carbons (Fsp3) is 0.214. The van der Waals surface area contributed by atoms with E-state index in [-0.39, 0.29) is 11.1 Å². The maximum Gasteiger partial charge on any atom is 0.259 e. The Balaban J connectivity index is 2.16. The second-order valence-electron chi connectivity index (χ2n) is 4.01. The summed E-state index contributed by atoms with van der Waals surface area (Å²) in [5, 5.41) is 0.846. The van der Waals surface area contributed by atoms with Gasteiger partial charge in [-0.1, -0.05) is 46.3 Å². The Labute approximate surface area is 125 Å². The maximum absolute atomic E-state index is 12.4. The fourth-order valence-corrected chi connectivity index (χ4v) is 2.40. The first kappa shape index (κ1) is 14.2. The molecule has 0 saturated heterocycles. The monoisotopic (exact) mass is 341 g/mol. The molecular formula is C14H13BrClNO2. The van der Waals surface area contributed by atoms with Crippen LogP contribution in [0.1, 0.15) is 15.9 Å². The summed E-state index contributed by atoms with van der Waals surface area (Å²) < 4.78 is 4.97. The highest BCUT2D eigenvalue weighted by Gasteiger charge is 2.20. The quantitative estimate of drug-likeness (QED) is 0.770. The molecule has 0 atom stereocenters. The smallest absolute Gasteiger partial charge is 0.259 e. The summed E-state index contributed by atoms with van der Waals surface area (Å²) >= 11 is 9.22. The van der Waals surface area contributed by atoms with Crippen LogP contribution >= 0.6 is 27.5 Å². The van der Waals surface area contributed by atoms with Crippen molar-refractivity contribution >= 4 is 33.4 Å². The van der Waals surface area contributed by atoms with Crippen molar-refractivity contribution in [2.45, 2.75) is 6.54 Å². The first-order valence-electron chi connectivity index (χ1n) is 5.84. The Hall–Kier alpha value is -1.26. The number of alkyl halides is 1. The van der Waals surface area contributed by atoms with Crippen LogP contribution in [0.5, 0.6) is 0 Å². The number of benzene rings is 1. The van der Waals surface area contributed by atoms with Crippen LogP contribution in [0.3, 0.4) is 0 Å². The number of nitrogens with zero attached hydrogens (tertiary/aromatic N) is 1. The summed E-state index contributed by atoms with van der Waals surface area (Å²) in [6.07, 6.45) is 1.42. The third-order valence-corrected chi connectivity index (χ3v) is 3.35. The van der Waals surface area contributed by atoms with Crippen molar-refractivity contribution in [3.05, 3.63) is 59.0 Å².